The van der Waals surface area contributed by atoms with Crippen LogP contribution in [0.4, 0.5) is 4.39 Å². The molecule has 5 heteroatoms. The number of benzene rings is 1. The van der Waals surface area contributed by atoms with Crippen molar-refractivity contribution >= 4 is 5.97 Å². The van der Waals surface area contributed by atoms with Gasteiger partial charge in [0, 0.05) is 12.5 Å². The Hall–Kier alpha value is -1.62. The summed E-state index contributed by atoms with van der Waals surface area (Å²) in [6, 6.07) is 4.53. The van der Waals surface area contributed by atoms with Gasteiger partial charge in [-0.25, -0.2) is 4.39 Å². The Balaban J connectivity index is 2.67. The number of carbonyl (C=O) groups is 1. The van der Waals surface area contributed by atoms with Crippen LogP contribution in [0.1, 0.15) is 25.8 Å². The molecule has 0 bridgehead atoms. The van der Waals surface area contributed by atoms with Crippen molar-refractivity contribution in [3.05, 3.63) is 29.6 Å². The maximum Gasteiger partial charge on any atom is 0.323 e. The number of hydrogen-bond acceptors (Lipinski definition) is 3. The average molecular weight is 255 g/mol. The lowest BCUT2D eigenvalue weighted by atomic mass is 9.96. The van der Waals surface area contributed by atoms with E-state index < -0.39 is 17.6 Å². The van der Waals surface area contributed by atoms with Crippen LogP contribution in [0.2, 0.25) is 0 Å². The van der Waals surface area contributed by atoms with E-state index in [1.54, 1.807) is 26.0 Å². The number of aliphatic carboxylic acids is 1. The summed E-state index contributed by atoms with van der Waals surface area (Å²) in [7, 11) is 0. The zero-order valence-electron chi connectivity index (χ0n) is 10.7. The fourth-order valence-electron chi connectivity index (χ4n) is 1.61. The van der Waals surface area contributed by atoms with E-state index in [4.69, 9.17) is 15.6 Å². The SMILES string of the molecule is Cc1ccc(OC(C)CC(C)(N)C(=O)O)cc1F. The largest absolute Gasteiger partial charge is 0.491 e. The summed E-state index contributed by atoms with van der Waals surface area (Å²) in [6.07, 6.45) is -0.282. The summed E-state index contributed by atoms with van der Waals surface area (Å²) in [6.45, 7) is 4.78. The fourth-order valence-corrected chi connectivity index (χ4v) is 1.61. The highest BCUT2D eigenvalue weighted by Crippen LogP contribution is 2.20. The lowest BCUT2D eigenvalue weighted by Gasteiger charge is -2.24. The molecule has 3 N–H and O–H groups in total. The highest BCUT2D eigenvalue weighted by molar-refractivity contribution is 5.77. The topological polar surface area (TPSA) is 72.5 Å². The van der Waals surface area contributed by atoms with Gasteiger partial charge in [-0.3, -0.25) is 4.79 Å². The summed E-state index contributed by atoms with van der Waals surface area (Å²) < 4.78 is 18.7. The third-order valence-electron chi connectivity index (χ3n) is 2.68. The number of halogens is 1. The van der Waals surface area contributed by atoms with Crippen molar-refractivity contribution in [1.29, 1.82) is 0 Å². The number of ether oxygens (including phenoxy) is 1. The van der Waals surface area contributed by atoms with Crippen molar-refractivity contribution in [2.75, 3.05) is 0 Å². The Bertz CT molecular complexity index is 446. The Morgan fingerprint density at radius 2 is 2.22 bits per heavy atom. The van der Waals surface area contributed by atoms with Crippen LogP contribution < -0.4 is 10.5 Å². The van der Waals surface area contributed by atoms with Gasteiger partial charge in [-0.05, 0) is 32.4 Å². The molecule has 1 aromatic carbocycles. The number of nitrogens with two attached hydrogens (primary N) is 1. The van der Waals surface area contributed by atoms with Gasteiger partial charge < -0.3 is 15.6 Å². The molecule has 0 aliphatic carbocycles. The third kappa shape index (κ3) is 3.70. The van der Waals surface area contributed by atoms with Crippen LogP contribution in [-0.4, -0.2) is 22.7 Å². The molecule has 0 saturated heterocycles. The second-order valence-corrected chi connectivity index (χ2v) is 4.77. The zero-order chi connectivity index (χ0) is 13.9. The number of rotatable bonds is 5. The lowest BCUT2D eigenvalue weighted by molar-refractivity contribution is -0.143. The van der Waals surface area contributed by atoms with Gasteiger partial charge in [0.25, 0.3) is 0 Å². The minimum Gasteiger partial charge on any atom is -0.491 e. The summed E-state index contributed by atoms with van der Waals surface area (Å²) in [5.41, 5.74) is 4.79. The Morgan fingerprint density at radius 3 is 2.72 bits per heavy atom. The Labute approximate surface area is 106 Å². The van der Waals surface area contributed by atoms with Crippen molar-refractivity contribution in [2.45, 2.75) is 38.8 Å². The zero-order valence-corrected chi connectivity index (χ0v) is 10.7. The molecule has 4 nitrogen and oxygen atoms in total. The van der Waals surface area contributed by atoms with Crippen LogP contribution in [0.15, 0.2) is 18.2 Å². The highest BCUT2D eigenvalue weighted by atomic mass is 19.1. The van der Waals surface area contributed by atoms with Crippen molar-refractivity contribution in [1.82, 2.24) is 0 Å². The van der Waals surface area contributed by atoms with Crippen LogP contribution in [0, 0.1) is 12.7 Å². The number of carboxylic acids is 1. The molecule has 0 aliphatic heterocycles. The molecule has 2 atom stereocenters. The van der Waals surface area contributed by atoms with Gasteiger partial charge in [-0.2, -0.15) is 0 Å². The molecule has 0 heterocycles. The summed E-state index contributed by atoms with van der Waals surface area (Å²) in [5, 5.41) is 8.90. The van der Waals surface area contributed by atoms with Crippen molar-refractivity contribution in [3.8, 4) is 5.75 Å². The standard InChI is InChI=1S/C13H18FNO3/c1-8-4-5-10(6-11(8)14)18-9(2)7-13(3,15)12(16)17/h4-6,9H,7,15H2,1-3H3,(H,16,17). The van der Waals surface area contributed by atoms with E-state index in [-0.39, 0.29) is 12.2 Å². The lowest BCUT2D eigenvalue weighted by Crippen LogP contribution is -2.47. The summed E-state index contributed by atoms with van der Waals surface area (Å²) in [4.78, 5) is 10.9. The van der Waals surface area contributed by atoms with Gasteiger partial charge in [0.15, 0.2) is 0 Å². The Kier molecular flexibility index (Phi) is 4.29. The molecule has 1 aromatic rings. The third-order valence-corrected chi connectivity index (χ3v) is 2.68. The molecule has 18 heavy (non-hydrogen) atoms. The fraction of sp³-hybridized carbons (Fsp3) is 0.462. The molecule has 1 rings (SSSR count). The normalized spacial score (nSPS) is 15.8. The molecule has 0 saturated carbocycles. The summed E-state index contributed by atoms with van der Waals surface area (Å²) in [5.74, 6) is -1.08. The molecule has 100 valence electrons. The van der Waals surface area contributed by atoms with Crippen LogP contribution in [0.3, 0.4) is 0 Å². The van der Waals surface area contributed by atoms with Gasteiger partial charge in [-0.1, -0.05) is 6.07 Å². The maximum absolute atomic E-state index is 13.3. The molecule has 0 radical (unpaired) electrons. The van der Waals surface area contributed by atoms with Gasteiger partial charge in [-0.15, -0.1) is 0 Å². The monoisotopic (exact) mass is 255 g/mol. The minimum atomic E-state index is -1.36. The van der Waals surface area contributed by atoms with Crippen LogP contribution in [-0.2, 0) is 4.79 Å². The van der Waals surface area contributed by atoms with Gasteiger partial charge >= 0.3 is 5.97 Å². The first-order valence-corrected chi connectivity index (χ1v) is 5.67. The smallest absolute Gasteiger partial charge is 0.323 e. The first-order chi connectivity index (χ1) is 8.22. The molecule has 2 unspecified atom stereocenters. The Morgan fingerprint density at radius 1 is 1.61 bits per heavy atom. The number of hydrogen-bond donors (Lipinski definition) is 2. The van der Waals surface area contributed by atoms with Crippen LogP contribution in [0.25, 0.3) is 0 Å². The van der Waals surface area contributed by atoms with Gasteiger partial charge in [0.2, 0.25) is 0 Å². The predicted octanol–water partition coefficient (Wildman–Crippen LogP) is 2.09. The van der Waals surface area contributed by atoms with E-state index >= 15 is 0 Å². The summed E-state index contributed by atoms with van der Waals surface area (Å²) >= 11 is 0. The first-order valence-electron chi connectivity index (χ1n) is 5.67. The quantitative estimate of drug-likeness (QED) is 0.845. The number of carboxylic acid groups (broad SMARTS) is 1. The molecular weight excluding hydrogens is 237 g/mol. The van der Waals surface area contributed by atoms with E-state index in [2.05, 4.69) is 0 Å². The van der Waals surface area contributed by atoms with E-state index in [0.717, 1.165) is 0 Å². The van der Waals surface area contributed by atoms with Crippen molar-refractivity contribution in [3.63, 3.8) is 0 Å². The van der Waals surface area contributed by atoms with Crippen molar-refractivity contribution < 1.29 is 19.0 Å². The molecule has 0 aliphatic rings. The van der Waals surface area contributed by atoms with E-state index in [0.29, 0.717) is 11.3 Å². The van der Waals surface area contributed by atoms with Gasteiger partial charge in [0.1, 0.15) is 17.1 Å². The van der Waals surface area contributed by atoms with Crippen LogP contribution in [0.5, 0.6) is 5.75 Å². The maximum atomic E-state index is 13.3. The minimum absolute atomic E-state index is 0.137. The first kappa shape index (κ1) is 14.4. The highest BCUT2D eigenvalue weighted by Gasteiger charge is 2.30. The molecule has 0 aromatic heterocycles. The molecule has 0 fully saturated rings. The van der Waals surface area contributed by atoms with Crippen LogP contribution >= 0.6 is 0 Å². The molecule has 0 spiro atoms. The average Bonchev–Trinajstić information content (AvgIpc) is 2.22. The predicted molar refractivity (Wildman–Crippen MR) is 66.1 cm³/mol. The number of aryl methyl sites for hydroxylation is 1. The van der Waals surface area contributed by atoms with Crippen molar-refractivity contribution in [2.24, 2.45) is 5.73 Å². The molecular formula is C13H18FNO3. The van der Waals surface area contributed by atoms with E-state index in [1.807, 2.05) is 0 Å². The second-order valence-electron chi connectivity index (χ2n) is 4.77. The van der Waals surface area contributed by atoms with E-state index in [1.165, 1.54) is 13.0 Å². The van der Waals surface area contributed by atoms with Gasteiger partial charge in [0.05, 0.1) is 6.10 Å². The second kappa shape index (κ2) is 5.35. The molecule has 0 amide bonds. The van der Waals surface area contributed by atoms with E-state index in [9.17, 15) is 9.18 Å².